The van der Waals surface area contributed by atoms with E-state index in [0.29, 0.717) is 42.1 Å². The first-order valence-corrected chi connectivity index (χ1v) is 15.6. The van der Waals surface area contributed by atoms with E-state index >= 15 is 0 Å². The summed E-state index contributed by atoms with van der Waals surface area (Å²) in [7, 11) is 4.20. The van der Waals surface area contributed by atoms with Crippen molar-refractivity contribution < 1.29 is 19.7 Å². The number of amides is 1. The standard InChI is InChI=1S/C33H42N8O4/c1-4-34-31(44)28-26(42)27(43)32(45-28)41-19-36-25-29(38-33(39-30(25)41)37-22-15-16-23(17-22)40(2)3)35-18-24(20-11-7-5-8-12-20)21-13-9-6-10-14-21/h5-14,19,22-24,26-28,32,42-43H,4,15-18H2,1-3H3,(H,34,44)(H2,35,37,38,39)/t22-,23-,26+,27-,28+,32+/m1/s1. The molecule has 1 aliphatic heterocycles. The van der Waals surface area contributed by atoms with Gasteiger partial charge in [0.1, 0.15) is 12.2 Å². The number of imidazole rings is 1. The molecule has 1 saturated carbocycles. The zero-order valence-corrected chi connectivity index (χ0v) is 25.9. The number of aromatic nitrogens is 4. The van der Waals surface area contributed by atoms with Crippen LogP contribution in [-0.4, -0.2) is 98.1 Å². The first kappa shape index (κ1) is 30.9. The van der Waals surface area contributed by atoms with E-state index in [4.69, 9.17) is 14.7 Å². The number of hydrogen-bond acceptors (Lipinski definition) is 10. The molecule has 45 heavy (non-hydrogen) atoms. The Morgan fingerprint density at radius 3 is 2.33 bits per heavy atom. The van der Waals surface area contributed by atoms with Crippen LogP contribution in [0.2, 0.25) is 0 Å². The lowest BCUT2D eigenvalue weighted by Crippen LogP contribution is -2.42. The molecule has 6 rings (SSSR count). The molecule has 3 heterocycles. The normalized spacial score (nSPS) is 24.9. The summed E-state index contributed by atoms with van der Waals surface area (Å²) in [4.78, 5) is 29.2. The van der Waals surface area contributed by atoms with E-state index in [0.717, 1.165) is 19.3 Å². The van der Waals surface area contributed by atoms with Gasteiger partial charge in [-0.3, -0.25) is 9.36 Å². The van der Waals surface area contributed by atoms with Gasteiger partial charge in [-0.15, -0.1) is 0 Å². The summed E-state index contributed by atoms with van der Waals surface area (Å²) in [6.45, 7) is 2.70. The molecule has 12 nitrogen and oxygen atoms in total. The minimum Gasteiger partial charge on any atom is -0.387 e. The van der Waals surface area contributed by atoms with Crippen molar-refractivity contribution in [3.63, 3.8) is 0 Å². The highest BCUT2D eigenvalue weighted by molar-refractivity contribution is 5.85. The van der Waals surface area contributed by atoms with Gasteiger partial charge in [0, 0.05) is 31.1 Å². The Kier molecular flexibility index (Phi) is 9.27. The molecule has 238 valence electrons. The minimum atomic E-state index is -1.41. The molecule has 0 radical (unpaired) electrons. The van der Waals surface area contributed by atoms with Gasteiger partial charge in [-0.25, -0.2) is 4.98 Å². The molecule has 0 bridgehead atoms. The van der Waals surface area contributed by atoms with Crippen LogP contribution < -0.4 is 16.0 Å². The number of hydrogen-bond donors (Lipinski definition) is 5. The van der Waals surface area contributed by atoms with Crippen LogP contribution in [0.5, 0.6) is 0 Å². The highest BCUT2D eigenvalue weighted by Gasteiger charge is 2.47. The molecule has 2 aromatic heterocycles. The third-order valence-electron chi connectivity index (χ3n) is 8.89. The third-order valence-corrected chi connectivity index (χ3v) is 8.89. The Bertz CT molecular complexity index is 1540. The molecule has 1 saturated heterocycles. The number of aliphatic hydroxyl groups is 2. The van der Waals surface area contributed by atoms with Crippen molar-refractivity contribution in [1.82, 2.24) is 29.7 Å². The first-order valence-electron chi connectivity index (χ1n) is 15.6. The first-order chi connectivity index (χ1) is 21.8. The zero-order chi connectivity index (χ0) is 31.5. The highest BCUT2D eigenvalue weighted by Crippen LogP contribution is 2.34. The second kappa shape index (κ2) is 13.5. The molecule has 12 heteroatoms. The lowest BCUT2D eigenvalue weighted by molar-refractivity contribution is -0.137. The van der Waals surface area contributed by atoms with Crippen LogP contribution in [0, 0.1) is 0 Å². The van der Waals surface area contributed by atoms with Gasteiger partial charge in [-0.2, -0.15) is 9.97 Å². The van der Waals surface area contributed by atoms with Crippen LogP contribution in [0.4, 0.5) is 11.8 Å². The van der Waals surface area contributed by atoms with Crippen molar-refractivity contribution >= 4 is 28.8 Å². The molecule has 6 atom stereocenters. The SMILES string of the molecule is CCNC(=O)[C@H]1O[C@H](n2cnc3c(NCC(c4ccccc4)c4ccccc4)nc(N[C@@H]4CC[C@@H](N(C)C)C4)nc32)[C@H](O)[C@@H]1O. The fraction of sp³-hybridized carbons (Fsp3) is 0.455. The maximum atomic E-state index is 12.6. The molecule has 0 unspecified atom stereocenters. The molecule has 1 amide bonds. The second-order valence-electron chi connectivity index (χ2n) is 12.1. The van der Waals surface area contributed by atoms with Crippen molar-refractivity contribution in [2.75, 3.05) is 37.8 Å². The molecular weight excluding hydrogens is 572 g/mol. The van der Waals surface area contributed by atoms with Crippen molar-refractivity contribution in [2.45, 2.75) is 68.7 Å². The number of nitrogens with one attached hydrogen (secondary N) is 3. The van der Waals surface area contributed by atoms with E-state index in [1.165, 1.54) is 17.5 Å². The van der Waals surface area contributed by atoms with Gasteiger partial charge in [0.2, 0.25) is 5.95 Å². The van der Waals surface area contributed by atoms with Gasteiger partial charge in [-0.1, -0.05) is 60.7 Å². The molecule has 0 spiro atoms. The average Bonchev–Trinajstić information content (AvgIpc) is 3.77. The number of rotatable bonds is 11. The number of carbonyl (C=O) groups is 1. The van der Waals surface area contributed by atoms with E-state index in [-0.39, 0.29) is 12.0 Å². The lowest BCUT2D eigenvalue weighted by atomic mass is 9.91. The fourth-order valence-corrected chi connectivity index (χ4v) is 6.41. The molecule has 2 aromatic carbocycles. The average molecular weight is 615 g/mol. The highest BCUT2D eigenvalue weighted by atomic mass is 16.6. The summed E-state index contributed by atoms with van der Waals surface area (Å²) in [5.74, 6) is 0.522. The third kappa shape index (κ3) is 6.50. The summed E-state index contributed by atoms with van der Waals surface area (Å²) in [5.41, 5.74) is 3.24. The largest absolute Gasteiger partial charge is 0.387 e. The molecule has 1 aliphatic carbocycles. The number of likely N-dealkylation sites (N-methyl/N-ethyl adjacent to an activating group) is 1. The van der Waals surface area contributed by atoms with Crippen molar-refractivity contribution in [1.29, 1.82) is 0 Å². The quantitative estimate of drug-likeness (QED) is 0.171. The van der Waals surface area contributed by atoms with Gasteiger partial charge in [-0.05, 0) is 51.4 Å². The fourth-order valence-electron chi connectivity index (χ4n) is 6.41. The van der Waals surface area contributed by atoms with Gasteiger partial charge < -0.3 is 35.8 Å². The summed E-state index contributed by atoms with van der Waals surface area (Å²) >= 11 is 0. The van der Waals surface area contributed by atoms with E-state index in [9.17, 15) is 15.0 Å². The summed E-state index contributed by atoms with van der Waals surface area (Å²) in [6, 6.07) is 21.3. The Labute approximate surface area is 262 Å². The van der Waals surface area contributed by atoms with Crippen LogP contribution in [0.1, 0.15) is 49.5 Å². The van der Waals surface area contributed by atoms with Gasteiger partial charge in [0.05, 0.1) is 6.33 Å². The Hall–Kier alpha value is -4.10. The number of anilines is 2. The Balaban J connectivity index is 1.34. The molecule has 4 aromatic rings. The van der Waals surface area contributed by atoms with Crippen molar-refractivity contribution in [3.8, 4) is 0 Å². The maximum absolute atomic E-state index is 12.6. The van der Waals surface area contributed by atoms with Crippen molar-refractivity contribution in [2.24, 2.45) is 0 Å². The number of carbonyl (C=O) groups excluding carboxylic acids is 1. The van der Waals surface area contributed by atoms with Crippen LogP contribution in [-0.2, 0) is 9.53 Å². The molecular formula is C33H42N8O4. The number of fused-ring (bicyclic) bond motifs is 1. The summed E-state index contributed by atoms with van der Waals surface area (Å²) < 4.78 is 7.50. The molecule has 2 aliphatic rings. The summed E-state index contributed by atoms with van der Waals surface area (Å²) in [5, 5.41) is 31.4. The van der Waals surface area contributed by atoms with Crippen LogP contribution >= 0.6 is 0 Å². The van der Waals surface area contributed by atoms with Gasteiger partial charge >= 0.3 is 0 Å². The monoisotopic (exact) mass is 614 g/mol. The lowest BCUT2D eigenvalue weighted by Gasteiger charge is -2.21. The van der Waals surface area contributed by atoms with E-state index in [1.807, 2.05) is 36.4 Å². The minimum absolute atomic E-state index is 0.0413. The number of benzene rings is 2. The van der Waals surface area contributed by atoms with E-state index in [2.05, 4.69) is 64.2 Å². The smallest absolute Gasteiger partial charge is 0.252 e. The van der Waals surface area contributed by atoms with E-state index in [1.54, 1.807) is 11.5 Å². The predicted octanol–water partition coefficient (Wildman–Crippen LogP) is 2.72. The van der Waals surface area contributed by atoms with Crippen molar-refractivity contribution in [3.05, 3.63) is 78.1 Å². The van der Waals surface area contributed by atoms with Gasteiger partial charge in [0.25, 0.3) is 5.91 Å². The summed E-state index contributed by atoms with van der Waals surface area (Å²) in [6.07, 6.45) is -0.528. The number of nitrogens with zero attached hydrogens (tertiary/aromatic N) is 5. The van der Waals surface area contributed by atoms with Gasteiger partial charge in [0.15, 0.2) is 29.3 Å². The Morgan fingerprint density at radius 1 is 1.02 bits per heavy atom. The molecule has 5 N–H and O–H groups in total. The zero-order valence-electron chi connectivity index (χ0n) is 25.9. The topological polar surface area (TPSA) is 150 Å². The molecule has 2 fully saturated rings. The number of ether oxygens (including phenoxy) is 1. The van der Waals surface area contributed by atoms with Crippen LogP contribution in [0.25, 0.3) is 11.2 Å². The maximum Gasteiger partial charge on any atom is 0.252 e. The van der Waals surface area contributed by atoms with Crippen LogP contribution in [0.15, 0.2) is 67.0 Å². The number of aliphatic hydroxyl groups excluding tert-OH is 2. The van der Waals surface area contributed by atoms with E-state index < -0.39 is 30.4 Å². The Morgan fingerprint density at radius 2 is 1.71 bits per heavy atom. The predicted molar refractivity (Wildman–Crippen MR) is 172 cm³/mol. The second-order valence-corrected chi connectivity index (χ2v) is 12.1. The van der Waals surface area contributed by atoms with Crippen LogP contribution in [0.3, 0.4) is 0 Å².